The van der Waals surface area contributed by atoms with E-state index in [0.29, 0.717) is 18.2 Å². The normalized spacial score (nSPS) is 11.6. The summed E-state index contributed by atoms with van der Waals surface area (Å²) in [4.78, 5) is 4.26. The van der Waals surface area contributed by atoms with Crippen molar-refractivity contribution in [2.75, 3.05) is 0 Å². The predicted octanol–water partition coefficient (Wildman–Crippen LogP) is 3.80. The van der Waals surface area contributed by atoms with Crippen molar-refractivity contribution < 1.29 is 9.15 Å². The van der Waals surface area contributed by atoms with Crippen molar-refractivity contribution in [1.82, 2.24) is 10.3 Å². The molecule has 0 aliphatic carbocycles. The van der Waals surface area contributed by atoms with Gasteiger partial charge in [-0.3, -0.25) is 0 Å². The maximum atomic E-state index is 6.05. The highest BCUT2D eigenvalue weighted by atomic mass is 35.5. The Kier molecular flexibility index (Phi) is 4.68. The Morgan fingerprint density at radius 2 is 2.05 bits per heavy atom. The van der Waals surface area contributed by atoms with Gasteiger partial charge in [-0.2, -0.15) is 4.98 Å². The van der Waals surface area contributed by atoms with E-state index in [1.54, 1.807) is 6.26 Å². The van der Waals surface area contributed by atoms with Gasteiger partial charge in [0.15, 0.2) is 0 Å². The molecule has 4 nitrogen and oxygen atoms in total. The van der Waals surface area contributed by atoms with Gasteiger partial charge >= 0.3 is 6.08 Å². The quantitative estimate of drug-likeness (QED) is 0.911. The van der Waals surface area contributed by atoms with Crippen molar-refractivity contribution >= 4 is 11.6 Å². The van der Waals surface area contributed by atoms with Gasteiger partial charge in [-0.15, -0.1) is 0 Å². The van der Waals surface area contributed by atoms with E-state index in [1.807, 2.05) is 24.3 Å². The van der Waals surface area contributed by atoms with E-state index in [2.05, 4.69) is 31.1 Å². The molecule has 1 heterocycles. The second kappa shape index (κ2) is 6.29. The zero-order valence-corrected chi connectivity index (χ0v) is 12.7. The van der Waals surface area contributed by atoms with Gasteiger partial charge in [-0.25, -0.2) is 0 Å². The number of benzene rings is 1. The number of nitrogens with zero attached hydrogens (tertiary/aromatic N) is 1. The fourth-order valence-electron chi connectivity index (χ4n) is 1.55. The lowest BCUT2D eigenvalue weighted by molar-refractivity contribution is 0.220. The van der Waals surface area contributed by atoms with E-state index in [4.69, 9.17) is 20.8 Å². The molecular weight excluding hydrogens is 276 g/mol. The first-order valence-corrected chi connectivity index (χ1v) is 6.87. The van der Waals surface area contributed by atoms with Gasteiger partial charge in [0.1, 0.15) is 12.9 Å². The van der Waals surface area contributed by atoms with E-state index in [-0.39, 0.29) is 11.6 Å². The number of aromatic nitrogens is 1. The third kappa shape index (κ3) is 4.54. The molecule has 1 aromatic carbocycles. The predicted molar refractivity (Wildman–Crippen MR) is 78.9 cm³/mol. The third-order valence-electron chi connectivity index (χ3n) is 2.64. The molecule has 1 N–H and O–H groups in total. The van der Waals surface area contributed by atoms with Crippen LogP contribution in [0, 0.1) is 0 Å². The first-order chi connectivity index (χ1) is 9.44. The molecule has 0 unspecified atom stereocenters. The Morgan fingerprint density at radius 3 is 2.75 bits per heavy atom. The minimum atomic E-state index is 0.0392. The van der Waals surface area contributed by atoms with Crippen LogP contribution >= 0.6 is 11.6 Å². The average molecular weight is 295 g/mol. The van der Waals surface area contributed by atoms with Crippen LogP contribution in [0.2, 0.25) is 5.02 Å². The summed E-state index contributed by atoms with van der Waals surface area (Å²) >= 11 is 6.05. The SMILES string of the molecule is CC(C)(C)NCc1coc(OCc2ccccc2Cl)n1. The highest BCUT2D eigenvalue weighted by Gasteiger charge is 2.11. The lowest BCUT2D eigenvalue weighted by atomic mass is 10.1. The molecule has 0 aliphatic rings. The van der Waals surface area contributed by atoms with Crippen LogP contribution in [0.15, 0.2) is 34.9 Å². The summed E-state index contributed by atoms with van der Waals surface area (Å²) in [7, 11) is 0. The minimum Gasteiger partial charge on any atom is -0.445 e. The average Bonchev–Trinajstić information content (AvgIpc) is 2.83. The maximum absolute atomic E-state index is 6.05. The van der Waals surface area contributed by atoms with Crippen molar-refractivity contribution in [1.29, 1.82) is 0 Å². The molecule has 2 aromatic rings. The lowest BCUT2D eigenvalue weighted by Crippen LogP contribution is -2.35. The Labute approximate surface area is 124 Å². The monoisotopic (exact) mass is 294 g/mol. The number of hydrogen-bond donors (Lipinski definition) is 1. The van der Waals surface area contributed by atoms with Crippen molar-refractivity contribution in [2.45, 2.75) is 39.5 Å². The summed E-state index contributed by atoms with van der Waals surface area (Å²) in [6.45, 7) is 7.28. The van der Waals surface area contributed by atoms with Crippen LogP contribution < -0.4 is 10.1 Å². The van der Waals surface area contributed by atoms with E-state index in [0.717, 1.165) is 11.3 Å². The Balaban J connectivity index is 1.89. The van der Waals surface area contributed by atoms with E-state index in [1.165, 1.54) is 0 Å². The molecule has 0 atom stereocenters. The second-order valence-corrected chi connectivity index (χ2v) is 6.00. The van der Waals surface area contributed by atoms with E-state index < -0.39 is 0 Å². The van der Waals surface area contributed by atoms with Crippen molar-refractivity contribution in [3.8, 4) is 6.08 Å². The molecule has 0 aliphatic heterocycles. The number of ether oxygens (including phenoxy) is 1. The number of hydrogen-bond acceptors (Lipinski definition) is 4. The molecular formula is C15H19ClN2O2. The largest absolute Gasteiger partial charge is 0.445 e. The van der Waals surface area contributed by atoms with Crippen LogP contribution in [0.25, 0.3) is 0 Å². The van der Waals surface area contributed by atoms with Gasteiger partial charge in [0.2, 0.25) is 0 Å². The summed E-state index contributed by atoms with van der Waals surface area (Å²) in [5, 5.41) is 4.01. The zero-order chi connectivity index (χ0) is 14.6. The summed E-state index contributed by atoms with van der Waals surface area (Å²) < 4.78 is 10.8. The molecule has 0 saturated heterocycles. The van der Waals surface area contributed by atoms with Crippen molar-refractivity contribution in [2.24, 2.45) is 0 Å². The molecule has 20 heavy (non-hydrogen) atoms. The van der Waals surface area contributed by atoms with Crippen LogP contribution in [0.4, 0.5) is 0 Å². The third-order valence-corrected chi connectivity index (χ3v) is 3.01. The molecule has 0 fully saturated rings. The minimum absolute atomic E-state index is 0.0392. The zero-order valence-electron chi connectivity index (χ0n) is 11.9. The Morgan fingerprint density at radius 1 is 1.30 bits per heavy atom. The maximum Gasteiger partial charge on any atom is 0.394 e. The highest BCUT2D eigenvalue weighted by Crippen LogP contribution is 2.18. The van der Waals surface area contributed by atoms with Crippen LogP contribution in [-0.4, -0.2) is 10.5 Å². The highest BCUT2D eigenvalue weighted by molar-refractivity contribution is 6.31. The van der Waals surface area contributed by atoms with Gasteiger partial charge in [0, 0.05) is 22.7 Å². The molecule has 0 saturated carbocycles. The van der Waals surface area contributed by atoms with Gasteiger partial charge in [0.05, 0.1) is 5.69 Å². The second-order valence-electron chi connectivity index (χ2n) is 5.59. The van der Waals surface area contributed by atoms with Crippen LogP contribution in [-0.2, 0) is 13.2 Å². The van der Waals surface area contributed by atoms with E-state index in [9.17, 15) is 0 Å². The molecule has 0 amide bonds. The molecule has 1 aromatic heterocycles. The van der Waals surface area contributed by atoms with Gasteiger partial charge in [0.25, 0.3) is 0 Å². The lowest BCUT2D eigenvalue weighted by Gasteiger charge is -2.19. The molecule has 108 valence electrons. The van der Waals surface area contributed by atoms with Gasteiger partial charge in [-0.05, 0) is 26.8 Å². The topological polar surface area (TPSA) is 47.3 Å². The summed E-state index contributed by atoms with van der Waals surface area (Å²) in [5.41, 5.74) is 1.76. The number of halogens is 1. The molecule has 2 rings (SSSR count). The number of nitrogens with one attached hydrogen (secondary N) is 1. The first-order valence-electron chi connectivity index (χ1n) is 6.50. The smallest absolute Gasteiger partial charge is 0.394 e. The molecule has 0 spiro atoms. The van der Waals surface area contributed by atoms with Gasteiger partial charge in [-0.1, -0.05) is 29.8 Å². The summed E-state index contributed by atoms with van der Waals surface area (Å²) in [6, 6.07) is 7.54. The fraction of sp³-hybridized carbons (Fsp3) is 0.400. The first kappa shape index (κ1) is 14.9. The fourth-order valence-corrected chi connectivity index (χ4v) is 1.74. The Bertz CT molecular complexity index is 561. The molecule has 5 heteroatoms. The summed E-state index contributed by atoms with van der Waals surface area (Å²) in [5.74, 6) is 0. The molecule has 0 bridgehead atoms. The molecule has 0 radical (unpaired) electrons. The van der Waals surface area contributed by atoms with Crippen LogP contribution in [0.1, 0.15) is 32.0 Å². The number of oxazole rings is 1. The standard InChI is InChI=1S/C15H19ClN2O2/c1-15(2,3)17-8-12-10-20-14(18-12)19-9-11-6-4-5-7-13(11)16/h4-7,10,17H,8-9H2,1-3H3. The summed E-state index contributed by atoms with van der Waals surface area (Å²) in [6.07, 6.45) is 1.86. The van der Waals surface area contributed by atoms with Crippen molar-refractivity contribution in [3.05, 3.63) is 46.8 Å². The Hall–Kier alpha value is -1.52. The number of rotatable bonds is 5. The van der Waals surface area contributed by atoms with Crippen LogP contribution in [0.5, 0.6) is 6.08 Å². The van der Waals surface area contributed by atoms with Crippen molar-refractivity contribution in [3.63, 3.8) is 0 Å². The van der Waals surface area contributed by atoms with E-state index >= 15 is 0 Å². The van der Waals surface area contributed by atoms with Gasteiger partial charge < -0.3 is 14.5 Å². The van der Waals surface area contributed by atoms with Crippen LogP contribution in [0.3, 0.4) is 0 Å².